The first-order chi connectivity index (χ1) is 13.3. The highest BCUT2D eigenvalue weighted by Gasteiger charge is 2.27. The molecular weight excluding hydrogens is 374 g/mol. The van der Waals surface area contributed by atoms with E-state index in [1.54, 1.807) is 27.4 Å². The first-order valence-corrected chi connectivity index (χ1v) is 10.7. The van der Waals surface area contributed by atoms with E-state index in [9.17, 15) is 4.79 Å². The predicted molar refractivity (Wildman–Crippen MR) is 117 cm³/mol. The van der Waals surface area contributed by atoms with E-state index in [-0.39, 0.29) is 10.7 Å². The van der Waals surface area contributed by atoms with Crippen molar-refractivity contribution in [1.82, 2.24) is 4.90 Å². The summed E-state index contributed by atoms with van der Waals surface area (Å²) in [5.41, 5.74) is 0.834. The number of methoxy groups -OCH3 is 3. The first-order valence-electron chi connectivity index (χ1n) is 9.71. The molecule has 1 fully saturated rings. The summed E-state index contributed by atoms with van der Waals surface area (Å²) in [4.78, 5) is 14.9. The minimum absolute atomic E-state index is 0.0629. The van der Waals surface area contributed by atoms with Crippen molar-refractivity contribution in [3.63, 3.8) is 0 Å². The molecular formula is C22H33NO4S. The van der Waals surface area contributed by atoms with Gasteiger partial charge in [-0.3, -0.25) is 4.79 Å². The summed E-state index contributed by atoms with van der Waals surface area (Å²) < 4.78 is 16.3. The van der Waals surface area contributed by atoms with Crippen molar-refractivity contribution >= 4 is 23.7 Å². The van der Waals surface area contributed by atoms with Crippen LogP contribution in [0.5, 0.6) is 17.2 Å². The molecule has 28 heavy (non-hydrogen) atoms. The molecule has 1 aromatic carbocycles. The summed E-state index contributed by atoms with van der Waals surface area (Å²) in [5.74, 6) is 2.74. The lowest BCUT2D eigenvalue weighted by atomic mass is 10.0. The Balaban J connectivity index is 2.14. The van der Waals surface area contributed by atoms with E-state index in [1.807, 2.05) is 34.9 Å². The summed E-state index contributed by atoms with van der Waals surface area (Å²) in [6.45, 7) is 7.48. The average molecular weight is 408 g/mol. The zero-order valence-corrected chi connectivity index (χ0v) is 18.7. The lowest BCUT2D eigenvalue weighted by Crippen LogP contribution is -2.44. The molecule has 0 N–H and O–H groups in total. The van der Waals surface area contributed by atoms with Gasteiger partial charge in [-0.2, -0.15) is 11.8 Å². The van der Waals surface area contributed by atoms with E-state index in [1.165, 1.54) is 6.42 Å². The number of rotatable bonds is 7. The summed E-state index contributed by atoms with van der Waals surface area (Å²) in [7, 11) is 4.74. The Kier molecular flexibility index (Phi) is 8.10. The van der Waals surface area contributed by atoms with Crippen LogP contribution < -0.4 is 14.2 Å². The van der Waals surface area contributed by atoms with Crippen molar-refractivity contribution < 1.29 is 19.0 Å². The highest BCUT2D eigenvalue weighted by atomic mass is 32.2. The number of likely N-dealkylation sites (tertiary alicyclic amines) is 1. The highest BCUT2D eigenvalue weighted by Crippen LogP contribution is 2.38. The fourth-order valence-electron chi connectivity index (χ4n) is 3.27. The van der Waals surface area contributed by atoms with Crippen molar-refractivity contribution in [2.24, 2.45) is 0 Å². The van der Waals surface area contributed by atoms with Gasteiger partial charge in [0.2, 0.25) is 11.7 Å². The number of nitrogens with zero attached hydrogens (tertiary/aromatic N) is 1. The normalized spacial score (nSPS) is 17.6. The largest absolute Gasteiger partial charge is 0.493 e. The Bertz CT molecular complexity index is 671. The molecule has 0 aromatic heterocycles. The third-order valence-corrected chi connectivity index (χ3v) is 6.14. The summed E-state index contributed by atoms with van der Waals surface area (Å²) in [6.07, 6.45) is 6.80. The predicted octanol–water partition coefficient (Wildman–Crippen LogP) is 4.64. The third-order valence-electron chi connectivity index (χ3n) is 4.72. The van der Waals surface area contributed by atoms with Gasteiger partial charge in [0.25, 0.3) is 0 Å². The van der Waals surface area contributed by atoms with Gasteiger partial charge in [0.1, 0.15) is 0 Å². The number of amides is 1. The average Bonchev–Trinajstić information content (AvgIpc) is 2.69. The van der Waals surface area contributed by atoms with Crippen LogP contribution in [0.2, 0.25) is 0 Å². The Morgan fingerprint density at radius 3 is 2.32 bits per heavy atom. The molecule has 1 amide bonds. The lowest BCUT2D eigenvalue weighted by molar-refractivity contribution is -0.128. The Morgan fingerprint density at radius 1 is 1.14 bits per heavy atom. The molecule has 1 heterocycles. The minimum atomic E-state index is 0.0629. The van der Waals surface area contributed by atoms with Crippen LogP contribution >= 0.6 is 11.8 Å². The monoisotopic (exact) mass is 407 g/mol. The maximum absolute atomic E-state index is 12.9. The Morgan fingerprint density at radius 2 is 1.79 bits per heavy atom. The van der Waals surface area contributed by atoms with E-state index in [4.69, 9.17) is 14.2 Å². The molecule has 1 aliphatic rings. The summed E-state index contributed by atoms with van der Waals surface area (Å²) >= 11 is 1.92. The number of piperidine rings is 1. The van der Waals surface area contributed by atoms with Gasteiger partial charge in [-0.1, -0.05) is 20.8 Å². The second-order valence-electron chi connectivity index (χ2n) is 7.90. The number of thioether (sulfide) groups is 1. The quantitative estimate of drug-likeness (QED) is 0.616. The maximum Gasteiger partial charge on any atom is 0.246 e. The first kappa shape index (κ1) is 22.5. The molecule has 1 saturated heterocycles. The molecule has 1 atom stereocenters. The standard InChI is InChI=1S/C22H33NO4S/c1-22(2,3)28-15-17-9-7-8-12-23(17)20(24)11-10-16-13-18(25-4)21(27-6)19(14-16)26-5/h10-11,13-14,17H,7-9,12,15H2,1-6H3/b11-10+/t17-/m1/s1. The van der Waals surface area contributed by atoms with Crippen molar-refractivity contribution in [1.29, 1.82) is 0 Å². The van der Waals surface area contributed by atoms with Crippen LogP contribution in [0.25, 0.3) is 6.08 Å². The van der Waals surface area contributed by atoms with E-state index >= 15 is 0 Å². The zero-order chi connectivity index (χ0) is 20.7. The van der Waals surface area contributed by atoms with Crippen LogP contribution in [0.1, 0.15) is 45.6 Å². The van der Waals surface area contributed by atoms with Gasteiger partial charge < -0.3 is 19.1 Å². The molecule has 2 rings (SSSR count). The van der Waals surface area contributed by atoms with Gasteiger partial charge in [0.15, 0.2) is 11.5 Å². The fourth-order valence-corrected chi connectivity index (χ4v) is 4.31. The van der Waals surface area contributed by atoms with Gasteiger partial charge in [0, 0.05) is 29.2 Å². The number of benzene rings is 1. The van der Waals surface area contributed by atoms with Crippen molar-refractivity contribution in [2.75, 3.05) is 33.6 Å². The number of carbonyl (C=O) groups is 1. The smallest absolute Gasteiger partial charge is 0.246 e. The fraction of sp³-hybridized carbons (Fsp3) is 0.591. The van der Waals surface area contributed by atoms with Crippen LogP contribution in [0.4, 0.5) is 0 Å². The highest BCUT2D eigenvalue weighted by molar-refractivity contribution is 8.00. The van der Waals surface area contributed by atoms with Gasteiger partial charge in [-0.15, -0.1) is 0 Å². The van der Waals surface area contributed by atoms with Crippen LogP contribution in [0.15, 0.2) is 18.2 Å². The molecule has 0 unspecified atom stereocenters. The number of ether oxygens (including phenoxy) is 3. The van der Waals surface area contributed by atoms with Gasteiger partial charge in [0.05, 0.1) is 21.3 Å². The zero-order valence-electron chi connectivity index (χ0n) is 17.9. The molecule has 0 saturated carbocycles. The van der Waals surface area contributed by atoms with Gasteiger partial charge >= 0.3 is 0 Å². The van der Waals surface area contributed by atoms with Crippen molar-refractivity contribution in [3.05, 3.63) is 23.8 Å². The van der Waals surface area contributed by atoms with Crippen LogP contribution in [0, 0.1) is 0 Å². The molecule has 5 nitrogen and oxygen atoms in total. The van der Waals surface area contributed by atoms with Crippen LogP contribution in [-0.2, 0) is 4.79 Å². The van der Waals surface area contributed by atoms with E-state index in [2.05, 4.69) is 20.8 Å². The molecule has 6 heteroatoms. The molecule has 156 valence electrons. The van der Waals surface area contributed by atoms with Crippen LogP contribution in [-0.4, -0.2) is 55.2 Å². The second-order valence-corrected chi connectivity index (χ2v) is 9.74. The van der Waals surface area contributed by atoms with E-state index < -0.39 is 0 Å². The minimum Gasteiger partial charge on any atom is -0.493 e. The molecule has 0 radical (unpaired) electrons. The van der Waals surface area contributed by atoms with Crippen LogP contribution in [0.3, 0.4) is 0 Å². The van der Waals surface area contributed by atoms with Crippen molar-refractivity contribution in [3.8, 4) is 17.2 Å². The molecule has 1 aliphatic heterocycles. The number of carbonyl (C=O) groups excluding carboxylic acids is 1. The molecule has 0 spiro atoms. The topological polar surface area (TPSA) is 48.0 Å². The summed E-state index contributed by atoms with van der Waals surface area (Å²) in [6, 6.07) is 3.98. The number of hydrogen-bond acceptors (Lipinski definition) is 5. The van der Waals surface area contributed by atoms with E-state index in [0.717, 1.165) is 30.7 Å². The molecule has 0 aliphatic carbocycles. The SMILES string of the molecule is COc1cc(/C=C/C(=O)N2CCCC[C@@H]2CSC(C)(C)C)cc(OC)c1OC. The van der Waals surface area contributed by atoms with E-state index in [0.29, 0.717) is 23.3 Å². The Hall–Kier alpha value is -1.82. The maximum atomic E-state index is 12.9. The number of hydrogen-bond donors (Lipinski definition) is 0. The molecule has 0 bridgehead atoms. The Labute approximate surface area is 173 Å². The van der Waals surface area contributed by atoms with Gasteiger partial charge in [-0.25, -0.2) is 0 Å². The lowest BCUT2D eigenvalue weighted by Gasteiger charge is -2.36. The third kappa shape index (κ3) is 6.09. The summed E-state index contributed by atoms with van der Waals surface area (Å²) in [5, 5.41) is 0. The second kappa shape index (κ2) is 10.1. The van der Waals surface area contributed by atoms with Crippen molar-refractivity contribution in [2.45, 2.75) is 50.8 Å². The molecule has 1 aromatic rings. The van der Waals surface area contributed by atoms with Gasteiger partial charge in [-0.05, 0) is 43.0 Å².